The summed E-state index contributed by atoms with van der Waals surface area (Å²) in [6, 6.07) is 0. The number of Topliss-reactive ketones (excluding diaryl/α,β-unsaturated/α-hetero) is 1. The van der Waals surface area contributed by atoms with Crippen molar-refractivity contribution >= 4 is 5.78 Å². The Bertz CT molecular complexity index is 270. The topological polar surface area (TPSA) is 20.3 Å². The summed E-state index contributed by atoms with van der Waals surface area (Å²) < 4.78 is 43.3. The fourth-order valence-electron chi connectivity index (χ4n) is 1.47. The minimum absolute atomic E-state index is 0.0187. The number of nitrogens with zero attached hydrogens (tertiary/aromatic N) is 1. The first kappa shape index (κ1) is 3.56. The first-order valence-electron chi connectivity index (χ1n) is 6.93. The van der Waals surface area contributed by atoms with E-state index in [-0.39, 0.29) is 12.3 Å². The molecule has 0 saturated heterocycles. The van der Waals surface area contributed by atoms with Crippen molar-refractivity contribution in [3.05, 3.63) is 0 Å². The molecular formula is C9H17NO. The molecule has 0 bridgehead atoms. The Morgan fingerprint density at radius 2 is 2.45 bits per heavy atom. The molecular weight excluding hydrogens is 138 g/mol. The van der Waals surface area contributed by atoms with E-state index in [2.05, 4.69) is 0 Å². The van der Waals surface area contributed by atoms with Gasteiger partial charge in [0.2, 0.25) is 0 Å². The van der Waals surface area contributed by atoms with Gasteiger partial charge in [-0.25, -0.2) is 0 Å². The van der Waals surface area contributed by atoms with Crippen LogP contribution in [-0.2, 0) is 4.79 Å². The van der Waals surface area contributed by atoms with Gasteiger partial charge >= 0.3 is 0 Å². The van der Waals surface area contributed by atoms with Crippen LogP contribution in [0, 0.1) is 5.92 Å². The molecule has 0 aromatic rings. The van der Waals surface area contributed by atoms with Crippen LogP contribution in [0.4, 0.5) is 0 Å². The van der Waals surface area contributed by atoms with E-state index < -0.39 is 19.9 Å². The number of hydrogen-bond donors (Lipinski definition) is 0. The Labute approximate surface area is 77.0 Å². The predicted molar refractivity (Wildman–Crippen MR) is 45.5 cm³/mol. The second-order valence-electron chi connectivity index (χ2n) is 3.02. The van der Waals surface area contributed by atoms with Gasteiger partial charge in [0, 0.05) is 27.1 Å². The van der Waals surface area contributed by atoms with E-state index in [0.29, 0.717) is 17.7 Å². The highest BCUT2D eigenvalue weighted by Crippen LogP contribution is 2.20. The van der Waals surface area contributed by atoms with Crippen LogP contribution in [-0.4, -0.2) is 31.2 Å². The summed E-state index contributed by atoms with van der Waals surface area (Å²) in [4.78, 5) is 12.1. The van der Waals surface area contributed by atoms with Gasteiger partial charge in [-0.05, 0) is 26.8 Å². The minimum atomic E-state index is -2.69. The van der Waals surface area contributed by atoms with Gasteiger partial charge in [0.05, 0.1) is 0 Å². The van der Waals surface area contributed by atoms with Crippen LogP contribution in [0.25, 0.3) is 0 Å². The Hall–Kier alpha value is -0.370. The summed E-state index contributed by atoms with van der Waals surface area (Å²) in [5.41, 5.74) is 0. The lowest BCUT2D eigenvalue weighted by Crippen LogP contribution is -2.29. The van der Waals surface area contributed by atoms with Gasteiger partial charge in [-0.3, -0.25) is 4.79 Å². The molecule has 0 radical (unpaired) electrons. The summed E-state index contributed by atoms with van der Waals surface area (Å²) in [5.74, 6) is -0.473. The number of ketones is 1. The Morgan fingerprint density at radius 1 is 1.64 bits per heavy atom. The number of hydrogen-bond acceptors (Lipinski definition) is 2. The first-order valence-corrected chi connectivity index (χ1v) is 3.93. The van der Waals surface area contributed by atoms with Crippen molar-refractivity contribution in [3.8, 4) is 0 Å². The highest BCUT2D eigenvalue weighted by molar-refractivity contribution is 5.81. The van der Waals surface area contributed by atoms with Crippen LogP contribution in [0.2, 0.25) is 0 Å². The fraction of sp³-hybridized carbons (Fsp3) is 0.889. The van der Waals surface area contributed by atoms with Crippen molar-refractivity contribution in [2.45, 2.75) is 25.7 Å². The zero-order chi connectivity index (χ0) is 13.3. The molecule has 0 heterocycles. The summed E-state index contributed by atoms with van der Waals surface area (Å²) in [7, 11) is 0. The van der Waals surface area contributed by atoms with E-state index in [4.69, 9.17) is 8.22 Å². The molecule has 1 fully saturated rings. The van der Waals surface area contributed by atoms with Crippen molar-refractivity contribution < 1.29 is 13.0 Å². The maximum Gasteiger partial charge on any atom is 0.137 e. The van der Waals surface area contributed by atoms with Gasteiger partial charge in [0.25, 0.3) is 0 Å². The summed E-state index contributed by atoms with van der Waals surface area (Å²) in [5, 5.41) is 0. The second kappa shape index (κ2) is 3.86. The molecule has 1 aliphatic rings. The average Bonchev–Trinajstić information content (AvgIpc) is 2.12. The standard InChI is InChI=1S/C9H17NO/c1-10(2)7-8-5-3-4-6-9(8)11/h8H,3-7H2,1-2H3/i1D3,2D3. The molecule has 2 heteroatoms. The molecule has 1 saturated carbocycles. The van der Waals surface area contributed by atoms with Gasteiger partial charge < -0.3 is 4.90 Å². The number of rotatable bonds is 2. The lowest BCUT2D eigenvalue weighted by molar-refractivity contribution is -0.125. The summed E-state index contributed by atoms with van der Waals surface area (Å²) in [6.45, 7) is -5.59. The van der Waals surface area contributed by atoms with Gasteiger partial charge in [-0.1, -0.05) is 6.42 Å². The number of carbonyl (C=O) groups excluding carboxylic acids is 1. The highest BCUT2D eigenvalue weighted by Gasteiger charge is 2.21. The van der Waals surface area contributed by atoms with Crippen LogP contribution in [0.1, 0.15) is 33.9 Å². The van der Waals surface area contributed by atoms with Gasteiger partial charge in [0.15, 0.2) is 0 Å². The van der Waals surface area contributed by atoms with Crippen molar-refractivity contribution in [1.29, 1.82) is 0 Å². The molecule has 0 aromatic heterocycles. The Balaban J connectivity index is 2.76. The van der Waals surface area contributed by atoms with Crippen LogP contribution in [0.5, 0.6) is 0 Å². The summed E-state index contributed by atoms with van der Waals surface area (Å²) in [6.07, 6.45) is 2.69. The Morgan fingerprint density at radius 3 is 3.09 bits per heavy atom. The van der Waals surface area contributed by atoms with Crippen molar-refractivity contribution in [3.63, 3.8) is 0 Å². The Kier molecular flexibility index (Phi) is 1.25. The zero-order valence-electron chi connectivity index (χ0n) is 12.5. The number of carbonyl (C=O) groups is 1. The van der Waals surface area contributed by atoms with Crippen LogP contribution < -0.4 is 0 Å². The van der Waals surface area contributed by atoms with Crippen LogP contribution >= 0.6 is 0 Å². The lowest BCUT2D eigenvalue weighted by atomic mass is 9.88. The van der Waals surface area contributed by atoms with E-state index in [9.17, 15) is 4.79 Å². The van der Waals surface area contributed by atoms with E-state index >= 15 is 0 Å². The van der Waals surface area contributed by atoms with Gasteiger partial charge in [0.1, 0.15) is 5.78 Å². The molecule has 1 atom stereocenters. The third kappa shape index (κ3) is 2.62. The second-order valence-corrected chi connectivity index (χ2v) is 3.02. The SMILES string of the molecule is [2H]C([2H])([2H])N(CC1CCCCC1=O)C([2H])([2H])[2H]. The molecule has 11 heavy (non-hydrogen) atoms. The quantitative estimate of drug-likeness (QED) is 0.608. The van der Waals surface area contributed by atoms with Gasteiger partial charge in [-0.2, -0.15) is 0 Å². The van der Waals surface area contributed by atoms with E-state index in [1.165, 1.54) is 0 Å². The molecule has 64 valence electrons. The largest absolute Gasteiger partial charge is 0.309 e. The predicted octanol–water partition coefficient (Wildman–Crippen LogP) is 1.31. The molecule has 2 nitrogen and oxygen atoms in total. The maximum atomic E-state index is 11.6. The summed E-state index contributed by atoms with van der Waals surface area (Å²) >= 11 is 0. The molecule has 0 amide bonds. The molecule has 1 rings (SSSR count). The van der Waals surface area contributed by atoms with Crippen molar-refractivity contribution in [1.82, 2.24) is 4.90 Å². The zero-order valence-corrected chi connectivity index (χ0v) is 6.47. The molecule has 1 unspecified atom stereocenters. The lowest BCUT2D eigenvalue weighted by Gasteiger charge is -2.23. The molecule has 0 N–H and O–H groups in total. The minimum Gasteiger partial charge on any atom is -0.309 e. The van der Waals surface area contributed by atoms with Crippen molar-refractivity contribution in [2.75, 3.05) is 20.5 Å². The fourth-order valence-corrected chi connectivity index (χ4v) is 1.47. The molecule has 1 aliphatic carbocycles. The normalized spacial score (nSPS) is 36.5. The monoisotopic (exact) mass is 161 g/mol. The third-order valence-electron chi connectivity index (χ3n) is 2.08. The molecule has 0 spiro atoms. The first-order chi connectivity index (χ1) is 7.62. The average molecular weight is 161 g/mol. The van der Waals surface area contributed by atoms with Crippen molar-refractivity contribution in [2.24, 2.45) is 5.92 Å². The third-order valence-corrected chi connectivity index (χ3v) is 2.08. The smallest absolute Gasteiger partial charge is 0.137 e. The van der Waals surface area contributed by atoms with Crippen LogP contribution in [0.15, 0.2) is 0 Å². The highest BCUT2D eigenvalue weighted by atomic mass is 16.1. The van der Waals surface area contributed by atoms with E-state index in [1.807, 2.05) is 0 Å². The molecule has 0 aromatic carbocycles. The van der Waals surface area contributed by atoms with E-state index in [0.717, 1.165) is 12.8 Å². The van der Waals surface area contributed by atoms with Crippen LogP contribution in [0.3, 0.4) is 0 Å². The molecule has 0 aliphatic heterocycles. The van der Waals surface area contributed by atoms with Gasteiger partial charge in [-0.15, -0.1) is 0 Å². The van der Waals surface area contributed by atoms with E-state index in [1.54, 1.807) is 0 Å². The maximum absolute atomic E-state index is 11.6.